The lowest BCUT2D eigenvalue weighted by atomic mass is 9.96. The van der Waals surface area contributed by atoms with Crippen molar-refractivity contribution in [1.29, 1.82) is 0 Å². The van der Waals surface area contributed by atoms with E-state index >= 15 is 0 Å². The normalized spacial score (nSPS) is 12.6. The fraction of sp³-hybridized carbons (Fsp3) is 0.471. The second-order valence-electron chi connectivity index (χ2n) is 5.32. The van der Waals surface area contributed by atoms with Crippen molar-refractivity contribution >= 4 is 0 Å². The first-order chi connectivity index (χ1) is 9.67. The Bertz CT molecular complexity index is 557. The van der Waals surface area contributed by atoms with Gasteiger partial charge < -0.3 is 5.32 Å². The van der Waals surface area contributed by atoms with Gasteiger partial charge in [0.05, 0.1) is 11.7 Å². The molecule has 0 spiro atoms. The van der Waals surface area contributed by atoms with Gasteiger partial charge in [-0.2, -0.15) is 5.10 Å². The maximum absolute atomic E-state index is 4.42. The zero-order valence-electron chi connectivity index (χ0n) is 13.0. The van der Waals surface area contributed by atoms with Gasteiger partial charge in [-0.05, 0) is 50.9 Å². The fourth-order valence-corrected chi connectivity index (χ4v) is 2.59. The summed E-state index contributed by atoms with van der Waals surface area (Å²) in [5, 5.41) is 8.09. The van der Waals surface area contributed by atoms with Crippen LogP contribution in [-0.4, -0.2) is 16.3 Å². The van der Waals surface area contributed by atoms with E-state index in [1.807, 2.05) is 6.20 Å². The molecule has 20 heavy (non-hydrogen) atoms. The van der Waals surface area contributed by atoms with Crippen LogP contribution in [0.1, 0.15) is 48.7 Å². The smallest absolute Gasteiger partial charge is 0.0750 e. The van der Waals surface area contributed by atoms with Crippen LogP contribution < -0.4 is 5.32 Å². The topological polar surface area (TPSA) is 29.9 Å². The summed E-state index contributed by atoms with van der Waals surface area (Å²) < 4.78 is 2.08. The summed E-state index contributed by atoms with van der Waals surface area (Å²) in [5.41, 5.74) is 5.23. The first-order valence-corrected chi connectivity index (χ1v) is 7.49. The zero-order valence-corrected chi connectivity index (χ0v) is 13.0. The van der Waals surface area contributed by atoms with Crippen molar-refractivity contribution in [2.24, 2.45) is 0 Å². The number of rotatable bonds is 6. The van der Waals surface area contributed by atoms with Crippen molar-refractivity contribution in [1.82, 2.24) is 15.1 Å². The average Bonchev–Trinajstić information content (AvgIpc) is 2.91. The second-order valence-corrected chi connectivity index (χ2v) is 5.32. The molecular weight excluding hydrogens is 246 g/mol. The Morgan fingerprint density at radius 1 is 1.20 bits per heavy atom. The Kier molecular flexibility index (Phi) is 4.96. The van der Waals surface area contributed by atoms with Crippen LogP contribution in [-0.2, 0) is 6.54 Å². The van der Waals surface area contributed by atoms with E-state index in [0.29, 0.717) is 0 Å². The summed E-state index contributed by atoms with van der Waals surface area (Å²) in [6.07, 6.45) is 3.02. The van der Waals surface area contributed by atoms with Gasteiger partial charge in [-0.1, -0.05) is 30.7 Å². The van der Waals surface area contributed by atoms with E-state index in [9.17, 15) is 0 Å². The van der Waals surface area contributed by atoms with Crippen LogP contribution in [0.5, 0.6) is 0 Å². The molecule has 1 heterocycles. The van der Waals surface area contributed by atoms with Crippen molar-refractivity contribution in [3.05, 3.63) is 52.8 Å². The van der Waals surface area contributed by atoms with Crippen LogP contribution in [0.25, 0.3) is 0 Å². The lowest BCUT2D eigenvalue weighted by Crippen LogP contribution is -2.26. The van der Waals surface area contributed by atoms with Crippen molar-refractivity contribution in [3.8, 4) is 0 Å². The van der Waals surface area contributed by atoms with E-state index in [1.54, 1.807) is 0 Å². The minimum absolute atomic E-state index is 0.220. The molecule has 0 fully saturated rings. The summed E-state index contributed by atoms with van der Waals surface area (Å²) in [5.74, 6) is 0. The molecule has 1 atom stereocenters. The van der Waals surface area contributed by atoms with Gasteiger partial charge in [-0.3, -0.25) is 4.68 Å². The standard InChI is InChI=1S/C17H25N3/c1-5-10-18-17(16-9-11-19-20(16)6-2)15-12-13(3)7-8-14(15)4/h7-9,11-12,17-18H,5-6,10H2,1-4H3. The molecule has 2 rings (SSSR count). The van der Waals surface area contributed by atoms with E-state index < -0.39 is 0 Å². The monoisotopic (exact) mass is 271 g/mol. The third-order valence-corrected chi connectivity index (χ3v) is 3.69. The van der Waals surface area contributed by atoms with Gasteiger partial charge in [-0.15, -0.1) is 0 Å². The number of hydrogen-bond donors (Lipinski definition) is 1. The van der Waals surface area contributed by atoms with Crippen molar-refractivity contribution in [2.45, 2.75) is 46.7 Å². The Morgan fingerprint density at radius 3 is 2.70 bits per heavy atom. The second kappa shape index (κ2) is 6.71. The van der Waals surface area contributed by atoms with Gasteiger partial charge in [0.15, 0.2) is 0 Å². The number of benzene rings is 1. The van der Waals surface area contributed by atoms with E-state index in [1.165, 1.54) is 22.4 Å². The first-order valence-electron chi connectivity index (χ1n) is 7.49. The molecule has 2 aromatic rings. The molecule has 0 saturated carbocycles. The van der Waals surface area contributed by atoms with Crippen LogP contribution in [0.2, 0.25) is 0 Å². The number of aromatic nitrogens is 2. The van der Waals surface area contributed by atoms with Crippen LogP contribution >= 0.6 is 0 Å². The fourth-order valence-electron chi connectivity index (χ4n) is 2.59. The van der Waals surface area contributed by atoms with Gasteiger partial charge in [0, 0.05) is 12.7 Å². The predicted octanol–water partition coefficient (Wildman–Crippen LogP) is 3.61. The zero-order chi connectivity index (χ0) is 14.5. The van der Waals surface area contributed by atoms with Gasteiger partial charge in [0.1, 0.15) is 0 Å². The van der Waals surface area contributed by atoms with Gasteiger partial charge in [0.25, 0.3) is 0 Å². The summed E-state index contributed by atoms with van der Waals surface area (Å²) in [6, 6.07) is 9.01. The highest BCUT2D eigenvalue weighted by Crippen LogP contribution is 2.26. The molecule has 3 nitrogen and oxygen atoms in total. The van der Waals surface area contributed by atoms with Crippen LogP contribution in [0.15, 0.2) is 30.5 Å². The summed E-state index contributed by atoms with van der Waals surface area (Å²) in [6.45, 7) is 10.6. The highest BCUT2D eigenvalue weighted by Gasteiger charge is 2.19. The van der Waals surface area contributed by atoms with Crippen LogP contribution in [0, 0.1) is 13.8 Å². The Labute approximate surface area is 122 Å². The first kappa shape index (κ1) is 14.8. The van der Waals surface area contributed by atoms with Crippen LogP contribution in [0.3, 0.4) is 0 Å². The van der Waals surface area contributed by atoms with Crippen molar-refractivity contribution in [3.63, 3.8) is 0 Å². The predicted molar refractivity (Wildman–Crippen MR) is 84.0 cm³/mol. The quantitative estimate of drug-likeness (QED) is 0.870. The van der Waals surface area contributed by atoms with Crippen molar-refractivity contribution in [2.75, 3.05) is 6.54 Å². The highest BCUT2D eigenvalue weighted by molar-refractivity contribution is 5.37. The number of hydrogen-bond acceptors (Lipinski definition) is 2. The Hall–Kier alpha value is -1.61. The minimum atomic E-state index is 0.220. The van der Waals surface area contributed by atoms with E-state index in [2.05, 4.69) is 67.1 Å². The molecule has 1 N–H and O–H groups in total. The van der Waals surface area contributed by atoms with Crippen molar-refractivity contribution < 1.29 is 0 Å². The number of aryl methyl sites for hydroxylation is 3. The third kappa shape index (κ3) is 3.10. The average molecular weight is 271 g/mol. The maximum Gasteiger partial charge on any atom is 0.0750 e. The molecule has 0 amide bonds. The minimum Gasteiger partial charge on any atom is -0.305 e. The maximum atomic E-state index is 4.42. The largest absolute Gasteiger partial charge is 0.305 e. The number of nitrogens with zero attached hydrogens (tertiary/aromatic N) is 2. The summed E-state index contributed by atoms with van der Waals surface area (Å²) in [7, 11) is 0. The summed E-state index contributed by atoms with van der Waals surface area (Å²) >= 11 is 0. The molecule has 1 aromatic heterocycles. The highest BCUT2D eigenvalue weighted by atomic mass is 15.3. The lowest BCUT2D eigenvalue weighted by Gasteiger charge is -2.22. The molecule has 1 unspecified atom stereocenters. The summed E-state index contributed by atoms with van der Waals surface area (Å²) in [4.78, 5) is 0. The molecule has 0 aliphatic carbocycles. The van der Waals surface area contributed by atoms with E-state index in [4.69, 9.17) is 0 Å². The van der Waals surface area contributed by atoms with Gasteiger partial charge >= 0.3 is 0 Å². The molecule has 0 saturated heterocycles. The molecule has 0 aliphatic rings. The molecule has 108 valence electrons. The molecule has 0 aliphatic heterocycles. The Morgan fingerprint density at radius 2 is 2.00 bits per heavy atom. The van der Waals surface area contributed by atoms with Gasteiger partial charge in [-0.25, -0.2) is 0 Å². The molecule has 1 aromatic carbocycles. The SMILES string of the molecule is CCCNC(c1cc(C)ccc1C)c1ccnn1CC. The molecular formula is C17H25N3. The third-order valence-electron chi connectivity index (χ3n) is 3.69. The molecule has 0 bridgehead atoms. The van der Waals surface area contributed by atoms with E-state index in [0.717, 1.165) is 19.5 Å². The van der Waals surface area contributed by atoms with E-state index in [-0.39, 0.29) is 6.04 Å². The molecule has 3 heteroatoms. The lowest BCUT2D eigenvalue weighted by molar-refractivity contribution is 0.528. The van der Waals surface area contributed by atoms with Crippen LogP contribution in [0.4, 0.5) is 0 Å². The number of nitrogens with one attached hydrogen (secondary N) is 1. The molecule has 0 radical (unpaired) electrons. The van der Waals surface area contributed by atoms with Gasteiger partial charge in [0.2, 0.25) is 0 Å². The Balaban J connectivity index is 2.44.